The molecule has 0 unspecified atom stereocenters. The maximum atomic E-state index is 11.0. The van der Waals surface area contributed by atoms with Gasteiger partial charge >= 0.3 is 0 Å². The average Bonchev–Trinajstić information content (AvgIpc) is 3.23. The Balaban J connectivity index is 1.69. The van der Waals surface area contributed by atoms with E-state index in [0.717, 1.165) is 28.8 Å². The average molecular weight is 500 g/mol. The van der Waals surface area contributed by atoms with Gasteiger partial charge in [-0.05, 0) is 37.5 Å². The number of aliphatic hydroxyl groups is 1. The molecule has 0 fully saturated rings. The molecule has 0 bridgehead atoms. The molecule has 1 aromatic heterocycles. The lowest BCUT2D eigenvalue weighted by Crippen LogP contribution is -2.39. The minimum absolute atomic E-state index is 0.258. The van der Waals surface area contributed by atoms with E-state index in [1.807, 2.05) is 67.7 Å². The molecule has 0 amide bonds. The summed E-state index contributed by atoms with van der Waals surface area (Å²) >= 11 is 0. The molecule has 2 atom stereocenters. The van der Waals surface area contributed by atoms with Gasteiger partial charge in [-0.1, -0.05) is 79.7 Å². The summed E-state index contributed by atoms with van der Waals surface area (Å²) in [5.74, 6) is 1.95. The highest BCUT2D eigenvalue weighted by Gasteiger charge is 2.26. The monoisotopic (exact) mass is 499 g/mol. The number of rotatable bonds is 12. The predicted molar refractivity (Wildman–Crippen MR) is 148 cm³/mol. The van der Waals surface area contributed by atoms with Crippen LogP contribution in [0.5, 0.6) is 17.4 Å². The van der Waals surface area contributed by atoms with Gasteiger partial charge < -0.3 is 14.6 Å². The van der Waals surface area contributed by atoms with Crippen LogP contribution in [0.3, 0.4) is 0 Å². The molecule has 4 aromatic rings. The van der Waals surface area contributed by atoms with Crippen LogP contribution in [0.15, 0.2) is 84.9 Å². The minimum Gasteiger partial charge on any atom is -0.493 e. The molecule has 1 heterocycles. The zero-order valence-corrected chi connectivity index (χ0v) is 22.2. The third-order valence-corrected chi connectivity index (χ3v) is 6.75. The fraction of sp³-hybridized carbons (Fsp3) is 0.323. The maximum absolute atomic E-state index is 11.0. The minimum atomic E-state index is -0.494. The lowest BCUT2D eigenvalue weighted by molar-refractivity contribution is 0.0845. The van der Waals surface area contributed by atoms with Crippen LogP contribution >= 0.6 is 0 Å². The van der Waals surface area contributed by atoms with Crippen molar-refractivity contribution in [2.45, 2.75) is 45.4 Å². The van der Waals surface area contributed by atoms with Gasteiger partial charge in [-0.25, -0.2) is 4.68 Å². The highest BCUT2D eigenvalue weighted by atomic mass is 16.5. The number of methoxy groups -OCH3 is 1. The molecule has 0 saturated heterocycles. The normalized spacial score (nSPS) is 12.9. The molecule has 0 aliphatic carbocycles. The lowest BCUT2D eigenvalue weighted by Gasteiger charge is -2.31. The van der Waals surface area contributed by atoms with Gasteiger partial charge in [0.2, 0.25) is 5.88 Å². The van der Waals surface area contributed by atoms with Crippen LogP contribution in [0.4, 0.5) is 0 Å². The van der Waals surface area contributed by atoms with E-state index >= 15 is 0 Å². The van der Waals surface area contributed by atoms with Crippen molar-refractivity contribution in [1.29, 1.82) is 0 Å². The number of aliphatic hydroxyl groups excluding tert-OH is 1. The molecule has 0 aliphatic heterocycles. The van der Waals surface area contributed by atoms with Crippen LogP contribution in [-0.2, 0) is 20.0 Å². The number of benzene rings is 3. The zero-order valence-electron chi connectivity index (χ0n) is 22.2. The van der Waals surface area contributed by atoms with Crippen molar-refractivity contribution >= 4 is 0 Å². The van der Waals surface area contributed by atoms with Crippen LogP contribution < -0.4 is 9.47 Å². The van der Waals surface area contributed by atoms with E-state index in [0.29, 0.717) is 36.9 Å². The van der Waals surface area contributed by atoms with Crippen molar-refractivity contribution in [3.63, 3.8) is 0 Å². The summed E-state index contributed by atoms with van der Waals surface area (Å²) in [6, 6.07) is 28.2. The molecule has 0 radical (unpaired) electrons. The molecule has 4 rings (SSSR count). The van der Waals surface area contributed by atoms with Gasteiger partial charge in [0, 0.05) is 31.7 Å². The van der Waals surface area contributed by atoms with E-state index in [1.165, 1.54) is 0 Å². The van der Waals surface area contributed by atoms with Gasteiger partial charge in [0.25, 0.3) is 0 Å². The number of aromatic nitrogens is 2. The first-order valence-corrected chi connectivity index (χ1v) is 12.9. The van der Waals surface area contributed by atoms with Crippen LogP contribution in [0.25, 0.3) is 11.3 Å². The first-order chi connectivity index (χ1) is 18.0. The topological polar surface area (TPSA) is 59.8 Å². The Hall–Kier alpha value is -3.61. The third kappa shape index (κ3) is 6.59. The summed E-state index contributed by atoms with van der Waals surface area (Å²) in [5.41, 5.74) is 4.01. The van der Waals surface area contributed by atoms with Gasteiger partial charge in [0.1, 0.15) is 5.69 Å². The van der Waals surface area contributed by atoms with Crippen LogP contribution in [0.2, 0.25) is 0 Å². The summed E-state index contributed by atoms with van der Waals surface area (Å²) in [6.45, 7) is 5.51. The second-order valence-electron chi connectivity index (χ2n) is 9.41. The summed E-state index contributed by atoms with van der Waals surface area (Å²) in [7, 11) is 3.54. The van der Waals surface area contributed by atoms with Crippen molar-refractivity contribution in [3.05, 3.63) is 96.1 Å². The van der Waals surface area contributed by atoms with E-state index in [-0.39, 0.29) is 6.04 Å². The number of nitrogens with zero attached hydrogens (tertiary/aromatic N) is 3. The second-order valence-corrected chi connectivity index (χ2v) is 9.41. The van der Waals surface area contributed by atoms with Crippen molar-refractivity contribution < 1.29 is 14.6 Å². The van der Waals surface area contributed by atoms with Gasteiger partial charge in [-0.15, -0.1) is 0 Å². The largest absolute Gasteiger partial charge is 0.493 e. The Bertz CT molecular complexity index is 1260. The van der Waals surface area contributed by atoms with E-state index in [2.05, 4.69) is 43.0 Å². The lowest BCUT2D eigenvalue weighted by atomic mass is 10.0. The number of aryl methyl sites for hydroxylation is 1. The van der Waals surface area contributed by atoms with Gasteiger partial charge in [-0.3, -0.25) is 4.90 Å². The molecule has 3 aromatic carbocycles. The summed E-state index contributed by atoms with van der Waals surface area (Å²) in [4.78, 5) is 2.33. The summed E-state index contributed by atoms with van der Waals surface area (Å²) in [6.07, 6.45) is 1.07. The summed E-state index contributed by atoms with van der Waals surface area (Å²) in [5, 5.41) is 15.9. The standard InChI is InChI=1S/C31H37N3O3/c1-5-23(2)34(21-26(35)20-24-14-8-6-9-15-24)22-27-30(25-16-10-7-11-17-25)32-33(3)31(27)37-29-19-13-12-18-28(29)36-4/h6-19,23,26,35H,5,20-22H2,1-4H3/t23-,26+/m0/s1. The number of ether oxygens (including phenoxy) is 2. The van der Waals surface area contributed by atoms with Crippen molar-refractivity contribution in [3.8, 4) is 28.6 Å². The first-order valence-electron chi connectivity index (χ1n) is 12.9. The van der Waals surface area contributed by atoms with Gasteiger partial charge in [0.15, 0.2) is 11.5 Å². The third-order valence-electron chi connectivity index (χ3n) is 6.75. The van der Waals surface area contributed by atoms with E-state index in [1.54, 1.807) is 11.8 Å². The van der Waals surface area contributed by atoms with E-state index in [9.17, 15) is 5.11 Å². The zero-order chi connectivity index (χ0) is 26.2. The molecular weight excluding hydrogens is 462 g/mol. The van der Waals surface area contributed by atoms with E-state index < -0.39 is 6.10 Å². The molecule has 0 saturated carbocycles. The maximum Gasteiger partial charge on any atom is 0.222 e. The molecular formula is C31H37N3O3. The summed E-state index contributed by atoms with van der Waals surface area (Å²) < 4.78 is 13.8. The smallest absolute Gasteiger partial charge is 0.222 e. The Morgan fingerprint density at radius 2 is 1.54 bits per heavy atom. The molecule has 194 valence electrons. The van der Waals surface area contributed by atoms with Crippen LogP contribution in [0, 0.1) is 0 Å². The molecule has 1 N–H and O–H groups in total. The Morgan fingerprint density at radius 3 is 2.19 bits per heavy atom. The van der Waals surface area contributed by atoms with Crippen LogP contribution in [-0.4, -0.2) is 45.6 Å². The second kappa shape index (κ2) is 12.6. The van der Waals surface area contributed by atoms with Crippen LogP contribution in [0.1, 0.15) is 31.4 Å². The Morgan fingerprint density at radius 1 is 0.919 bits per heavy atom. The van der Waals surface area contributed by atoms with Crippen molar-refractivity contribution in [1.82, 2.24) is 14.7 Å². The van der Waals surface area contributed by atoms with E-state index in [4.69, 9.17) is 14.6 Å². The molecule has 0 spiro atoms. The fourth-order valence-corrected chi connectivity index (χ4v) is 4.54. The fourth-order valence-electron chi connectivity index (χ4n) is 4.54. The Labute approximate surface area is 220 Å². The predicted octanol–water partition coefficient (Wildman–Crippen LogP) is 6.09. The van der Waals surface area contributed by atoms with Crippen molar-refractivity contribution in [2.24, 2.45) is 7.05 Å². The molecule has 0 aliphatic rings. The highest BCUT2D eigenvalue weighted by Crippen LogP contribution is 2.37. The molecule has 6 nitrogen and oxygen atoms in total. The number of hydrogen-bond donors (Lipinski definition) is 1. The highest BCUT2D eigenvalue weighted by molar-refractivity contribution is 5.66. The molecule has 37 heavy (non-hydrogen) atoms. The number of para-hydroxylation sites is 2. The first kappa shape index (κ1) is 26.5. The van der Waals surface area contributed by atoms with Crippen molar-refractivity contribution in [2.75, 3.05) is 13.7 Å². The SMILES string of the molecule is CC[C@H](C)N(Cc1c(-c2ccccc2)nn(C)c1Oc1ccccc1OC)C[C@H](O)Cc1ccccc1. The molecule has 6 heteroatoms. The Kier molecular flexibility index (Phi) is 8.99. The van der Waals surface area contributed by atoms with Gasteiger partial charge in [0.05, 0.1) is 18.8 Å². The quantitative estimate of drug-likeness (QED) is 0.256. The number of hydrogen-bond acceptors (Lipinski definition) is 5. The van der Waals surface area contributed by atoms with Gasteiger partial charge in [-0.2, -0.15) is 5.10 Å².